The molecule has 30 N–H and O–H groups in total. The molecule has 10 saturated carbocycles. The summed E-state index contributed by atoms with van der Waals surface area (Å²) in [5.41, 5.74) is 0. The summed E-state index contributed by atoms with van der Waals surface area (Å²) in [6, 6.07) is 0. The summed E-state index contributed by atoms with van der Waals surface area (Å²) in [6.07, 6.45) is -33.2. The average molecular weight is 1510 g/mol. The van der Waals surface area contributed by atoms with E-state index in [9.17, 15) is 152 Å². The first-order valence-corrected chi connectivity index (χ1v) is 37.8. The molecule has 0 heterocycles. The third-order valence-corrected chi connectivity index (χ3v) is 28.1. The van der Waals surface area contributed by atoms with Crippen LogP contribution in [0.2, 0.25) is 0 Å². The molecule has 35 heteroatoms. The van der Waals surface area contributed by atoms with Crippen LogP contribution in [0.25, 0.3) is 0 Å². The van der Waals surface area contributed by atoms with E-state index in [0.29, 0.717) is 44.9 Å². The Morgan fingerprint density at radius 2 is 0.486 bits per heavy atom. The summed E-state index contributed by atoms with van der Waals surface area (Å²) >= 11 is 0. The molecule has 5 amide bonds. The Morgan fingerprint density at radius 1 is 0.229 bits per heavy atom. The molecule has 0 aromatic heterocycles. The van der Waals surface area contributed by atoms with E-state index in [1.807, 2.05) is 0 Å². The Morgan fingerprint density at radius 3 is 0.790 bits per heavy atom. The number of aliphatic hydroxyl groups is 25. The molecule has 35 nitrogen and oxygen atoms in total. The minimum absolute atomic E-state index is 0.0116. The Labute approximate surface area is 606 Å². The summed E-state index contributed by atoms with van der Waals surface area (Å²) in [5, 5.41) is 272. The fraction of sp³-hybridized carbons (Fsp3) is 0.929. The monoisotopic (exact) mass is 1510 g/mol. The number of rotatable bonds is 39. The van der Waals surface area contributed by atoms with Crippen LogP contribution in [0.4, 0.5) is 0 Å². The van der Waals surface area contributed by atoms with Gasteiger partial charge < -0.3 is 154 Å². The van der Waals surface area contributed by atoms with Crippen LogP contribution in [-0.2, 0) is 24.0 Å². The highest BCUT2D eigenvalue weighted by molar-refractivity contribution is 5.83. The maximum Gasteiger partial charge on any atom is 0.251 e. The first-order valence-electron chi connectivity index (χ1n) is 37.8. The van der Waals surface area contributed by atoms with Crippen LogP contribution in [0.1, 0.15) is 77.0 Å². The van der Waals surface area contributed by atoms with Gasteiger partial charge in [0.2, 0.25) is 0 Å². The third kappa shape index (κ3) is 16.9. The average Bonchev–Trinajstić information content (AvgIpc) is 1.53. The molecule has 0 spiro atoms. The van der Waals surface area contributed by atoms with Crippen molar-refractivity contribution in [2.75, 3.05) is 65.8 Å². The van der Waals surface area contributed by atoms with Gasteiger partial charge in [0, 0.05) is 32.7 Å². The van der Waals surface area contributed by atoms with E-state index in [-0.39, 0.29) is 169 Å². The minimum atomic E-state index is -2.23. The standard InChI is InChI=1S/C70H117N5O30/c76-18-40(81)51(86)56(91)61(96)66(101)71-13-29-5-25-4-24(29)9-35(25)48-36-11-27(7-31(36)15-73-68(103)63(98)58(93)53(88)42(83)20-78)46(48)50-38-12-28(8-33(38)17-75-70(105)65(100)60(95)55(90)44(85)22-80)47(50)49-37-10-26(6-32(37)16-74-69(104)64(99)59(94)54(89)43(84)21-79)45(49)39-3-23-1-30(34(39)2-23)14-72-67(102)62(97)57(92)52(87)41(82)19-77/h23-65,76-100H,1-22H2,(H,71,101)(H,72,102)(H,73,103)(H,74,104)(H,75,105). The summed E-state index contributed by atoms with van der Waals surface area (Å²) in [7, 11) is 0. The molecule has 0 radical (unpaired) electrons. The first kappa shape index (κ1) is 83.8. The van der Waals surface area contributed by atoms with Gasteiger partial charge in [0.15, 0.2) is 30.5 Å². The summed E-state index contributed by atoms with van der Waals surface area (Å²) < 4.78 is 0. The zero-order valence-electron chi connectivity index (χ0n) is 58.6. The number of nitrogens with one attached hydrogen (secondary N) is 5. The van der Waals surface area contributed by atoms with Crippen LogP contribution in [0.15, 0.2) is 0 Å². The highest BCUT2D eigenvalue weighted by Crippen LogP contribution is 2.75. The third-order valence-electron chi connectivity index (χ3n) is 28.1. The summed E-state index contributed by atoms with van der Waals surface area (Å²) in [4.78, 5) is 68.3. The number of amides is 5. The van der Waals surface area contributed by atoms with Gasteiger partial charge in [-0.25, -0.2) is 0 Å². The van der Waals surface area contributed by atoms with E-state index in [0.717, 1.165) is 32.1 Å². The Bertz CT molecular complexity index is 2900. The van der Waals surface area contributed by atoms with Crippen molar-refractivity contribution in [3.05, 3.63) is 0 Å². The Hall–Kier alpha value is -3.65. The second-order valence-corrected chi connectivity index (χ2v) is 33.3. The molecule has 10 rings (SSSR count). The highest BCUT2D eigenvalue weighted by atomic mass is 16.4. The predicted octanol–water partition coefficient (Wildman–Crippen LogP) is -12.3. The fourth-order valence-corrected chi connectivity index (χ4v) is 23.4. The van der Waals surface area contributed by atoms with E-state index in [2.05, 4.69) is 26.6 Å². The molecule has 10 bridgehead atoms. The topological polar surface area (TPSA) is 651 Å². The quantitative estimate of drug-likeness (QED) is 0.0272. The van der Waals surface area contributed by atoms with Gasteiger partial charge in [-0.15, -0.1) is 0 Å². The van der Waals surface area contributed by atoms with Gasteiger partial charge in [-0.05, 0) is 213 Å². The maximum absolute atomic E-state index is 13.9. The smallest absolute Gasteiger partial charge is 0.251 e. The van der Waals surface area contributed by atoms with E-state index in [4.69, 9.17) is 0 Å². The van der Waals surface area contributed by atoms with Crippen molar-refractivity contribution in [2.45, 2.75) is 199 Å². The van der Waals surface area contributed by atoms with Gasteiger partial charge in [0.05, 0.1) is 33.0 Å². The lowest BCUT2D eigenvalue weighted by atomic mass is 9.51. The second kappa shape index (κ2) is 35.4. The van der Waals surface area contributed by atoms with Gasteiger partial charge in [-0.2, -0.15) is 0 Å². The number of carbonyl (C=O) groups excluding carboxylic acids is 5. The highest BCUT2D eigenvalue weighted by Gasteiger charge is 2.70. The van der Waals surface area contributed by atoms with Crippen LogP contribution in [-0.4, -0.2) is 345 Å². The van der Waals surface area contributed by atoms with Crippen molar-refractivity contribution in [3.8, 4) is 0 Å². The zero-order valence-corrected chi connectivity index (χ0v) is 58.6. The normalized spacial score (nSPS) is 39.9. The molecule has 0 aliphatic heterocycles. The molecule has 105 heavy (non-hydrogen) atoms. The van der Waals surface area contributed by atoms with E-state index < -0.39 is 185 Å². The van der Waals surface area contributed by atoms with Gasteiger partial charge in [-0.1, -0.05) is 0 Å². The van der Waals surface area contributed by atoms with Crippen LogP contribution >= 0.6 is 0 Å². The van der Waals surface area contributed by atoms with Gasteiger partial charge in [0.25, 0.3) is 29.5 Å². The summed E-state index contributed by atoms with van der Waals surface area (Å²) in [5.74, 6) is -6.10. The molecule has 602 valence electrons. The molecule has 0 aromatic rings. The largest absolute Gasteiger partial charge is 0.394 e. The van der Waals surface area contributed by atoms with E-state index in [1.165, 1.54) is 0 Å². The molecule has 10 aliphatic carbocycles. The number of aliphatic hydroxyl groups excluding tert-OH is 25. The first-order chi connectivity index (χ1) is 49.7. The molecular weight excluding hydrogens is 1390 g/mol. The second-order valence-electron chi connectivity index (χ2n) is 33.3. The van der Waals surface area contributed by atoms with E-state index in [1.54, 1.807) is 0 Å². The summed E-state index contributed by atoms with van der Waals surface area (Å²) in [6.45, 7) is -4.60. The van der Waals surface area contributed by atoms with Crippen molar-refractivity contribution in [2.24, 2.45) is 136 Å². The Kier molecular flexibility index (Phi) is 28.2. The van der Waals surface area contributed by atoms with Gasteiger partial charge in [-0.3, -0.25) is 24.0 Å². The minimum Gasteiger partial charge on any atom is -0.394 e. The number of hydrogen-bond acceptors (Lipinski definition) is 30. The molecule has 0 saturated heterocycles. The molecule has 43 atom stereocenters. The SMILES string of the molecule is O=C(NCC1CC2CC1CC2C1C2CC(CC2CNC(=O)C(O)C(O)C(O)C(O)CO)C1C1C2CC(CC2CNC(=O)C(O)C(O)C(O)C(O)CO)C1C1C2CC(CC2CNC(=O)C(O)C(O)C(O)C(O)CO)C1C1CC2CC(CNC(=O)C(O)C(O)C(O)C(O)CO)C1C2)C(O)C(O)C(O)C(O)CO. The zero-order chi connectivity index (χ0) is 76.8. The van der Waals surface area contributed by atoms with Crippen LogP contribution in [0.5, 0.6) is 0 Å². The fourth-order valence-electron chi connectivity index (χ4n) is 23.4. The molecular formula is C70H117N5O30. The van der Waals surface area contributed by atoms with Gasteiger partial charge >= 0.3 is 0 Å². The molecule has 10 aliphatic rings. The van der Waals surface area contributed by atoms with Crippen molar-refractivity contribution in [1.82, 2.24) is 26.6 Å². The number of fused-ring (bicyclic) bond motifs is 10. The van der Waals surface area contributed by atoms with Crippen LogP contribution < -0.4 is 26.6 Å². The van der Waals surface area contributed by atoms with Crippen molar-refractivity contribution < 1.29 is 152 Å². The van der Waals surface area contributed by atoms with Gasteiger partial charge in [0.1, 0.15) is 91.6 Å². The lowest BCUT2D eigenvalue weighted by molar-refractivity contribution is -0.149. The lowest BCUT2D eigenvalue weighted by Gasteiger charge is -2.54. The number of carbonyl (C=O) groups is 5. The van der Waals surface area contributed by atoms with E-state index >= 15 is 0 Å². The van der Waals surface area contributed by atoms with Crippen molar-refractivity contribution in [3.63, 3.8) is 0 Å². The van der Waals surface area contributed by atoms with Crippen molar-refractivity contribution >= 4 is 29.5 Å². The molecule has 43 unspecified atom stereocenters. The maximum atomic E-state index is 13.9. The Balaban J connectivity index is 0.996. The van der Waals surface area contributed by atoms with Crippen LogP contribution in [0, 0.1) is 136 Å². The molecule has 0 aromatic carbocycles. The number of hydrogen-bond donors (Lipinski definition) is 30. The van der Waals surface area contributed by atoms with Crippen LogP contribution in [0.3, 0.4) is 0 Å². The lowest BCUT2D eigenvalue weighted by Crippen LogP contribution is -2.54. The van der Waals surface area contributed by atoms with Crippen molar-refractivity contribution in [1.29, 1.82) is 0 Å². The predicted molar refractivity (Wildman–Crippen MR) is 356 cm³/mol. The molecule has 10 fully saturated rings.